The first-order chi connectivity index (χ1) is 12.2. The number of hydrogen-bond donors (Lipinski definition) is 1. The summed E-state index contributed by atoms with van der Waals surface area (Å²) in [6, 6.07) is 6.66. The fraction of sp³-hybridized carbons (Fsp3) is 0.474. The van der Waals surface area contributed by atoms with E-state index in [1.54, 1.807) is 6.20 Å². The molecule has 0 radical (unpaired) electrons. The summed E-state index contributed by atoms with van der Waals surface area (Å²) < 4.78 is 13.0. The maximum Gasteiger partial charge on any atom is 0.257 e. The molecule has 1 aromatic carbocycles. The summed E-state index contributed by atoms with van der Waals surface area (Å²) in [5, 5.41) is 7.10. The molecule has 2 aromatic rings. The molecule has 0 atom stereocenters. The Bertz CT molecular complexity index is 738. The highest BCUT2D eigenvalue weighted by Gasteiger charge is 2.31. The SMILES string of the molecule is O=C(c1cn[nH]c1C1CC1)N1CCCN(Cc2ccc(F)cc2)CC1. The summed E-state index contributed by atoms with van der Waals surface area (Å²) in [6.45, 7) is 4.06. The van der Waals surface area contributed by atoms with Gasteiger partial charge >= 0.3 is 0 Å². The molecule has 1 N–H and O–H groups in total. The van der Waals surface area contributed by atoms with Gasteiger partial charge in [0.2, 0.25) is 0 Å². The molecule has 0 bridgehead atoms. The Morgan fingerprint density at radius 3 is 2.72 bits per heavy atom. The summed E-state index contributed by atoms with van der Waals surface area (Å²) in [7, 11) is 0. The third kappa shape index (κ3) is 3.74. The van der Waals surface area contributed by atoms with Crippen LogP contribution in [0.15, 0.2) is 30.5 Å². The molecule has 1 aliphatic heterocycles. The first-order valence-corrected chi connectivity index (χ1v) is 9.00. The van der Waals surface area contributed by atoms with E-state index < -0.39 is 0 Å². The molecule has 1 amide bonds. The second-order valence-corrected chi connectivity index (χ2v) is 7.02. The lowest BCUT2D eigenvalue weighted by Crippen LogP contribution is -2.35. The Morgan fingerprint density at radius 2 is 1.96 bits per heavy atom. The summed E-state index contributed by atoms with van der Waals surface area (Å²) in [5.74, 6) is 0.380. The molecule has 2 fully saturated rings. The van der Waals surface area contributed by atoms with Crippen LogP contribution < -0.4 is 0 Å². The van der Waals surface area contributed by atoms with E-state index in [0.717, 1.165) is 68.8 Å². The molecule has 6 heteroatoms. The van der Waals surface area contributed by atoms with Gasteiger partial charge < -0.3 is 4.90 Å². The van der Waals surface area contributed by atoms with Crippen LogP contribution in [0.4, 0.5) is 4.39 Å². The van der Waals surface area contributed by atoms with Crippen LogP contribution in [0, 0.1) is 5.82 Å². The average molecular weight is 342 g/mol. The predicted octanol–water partition coefficient (Wildman–Crippen LogP) is 2.77. The molecular weight excluding hydrogens is 319 g/mol. The maximum absolute atomic E-state index is 13.0. The van der Waals surface area contributed by atoms with E-state index in [9.17, 15) is 9.18 Å². The minimum Gasteiger partial charge on any atom is -0.337 e. The molecule has 1 saturated carbocycles. The van der Waals surface area contributed by atoms with Crippen LogP contribution in [0.5, 0.6) is 0 Å². The zero-order valence-corrected chi connectivity index (χ0v) is 14.2. The number of nitrogens with zero attached hydrogens (tertiary/aromatic N) is 3. The average Bonchev–Trinajstić information content (AvgIpc) is 3.39. The van der Waals surface area contributed by atoms with E-state index in [1.807, 2.05) is 17.0 Å². The van der Waals surface area contributed by atoms with E-state index in [4.69, 9.17) is 0 Å². The Labute approximate surface area is 146 Å². The maximum atomic E-state index is 13.0. The molecule has 0 spiro atoms. The second-order valence-electron chi connectivity index (χ2n) is 7.02. The van der Waals surface area contributed by atoms with Crippen molar-refractivity contribution in [2.75, 3.05) is 26.2 Å². The molecule has 5 nitrogen and oxygen atoms in total. The number of halogens is 1. The van der Waals surface area contributed by atoms with Gasteiger partial charge in [0.1, 0.15) is 5.82 Å². The van der Waals surface area contributed by atoms with E-state index in [2.05, 4.69) is 15.1 Å². The lowest BCUT2D eigenvalue weighted by atomic mass is 10.1. The number of aromatic amines is 1. The number of benzene rings is 1. The van der Waals surface area contributed by atoms with Gasteiger partial charge in [-0.05, 0) is 37.0 Å². The Kier molecular flexibility index (Phi) is 4.53. The molecule has 2 aliphatic rings. The van der Waals surface area contributed by atoms with Gasteiger partial charge in [-0.15, -0.1) is 0 Å². The van der Waals surface area contributed by atoms with Crippen molar-refractivity contribution in [2.45, 2.75) is 31.7 Å². The zero-order chi connectivity index (χ0) is 17.2. The van der Waals surface area contributed by atoms with Crippen molar-refractivity contribution in [3.63, 3.8) is 0 Å². The van der Waals surface area contributed by atoms with Crippen molar-refractivity contribution in [1.82, 2.24) is 20.0 Å². The number of aromatic nitrogens is 2. The fourth-order valence-corrected chi connectivity index (χ4v) is 3.50. The number of carbonyl (C=O) groups is 1. The smallest absolute Gasteiger partial charge is 0.257 e. The summed E-state index contributed by atoms with van der Waals surface area (Å²) in [5.41, 5.74) is 2.86. The van der Waals surface area contributed by atoms with Crippen LogP contribution in [0.2, 0.25) is 0 Å². The Hall–Kier alpha value is -2.21. The number of carbonyl (C=O) groups excluding carboxylic acids is 1. The summed E-state index contributed by atoms with van der Waals surface area (Å²) >= 11 is 0. The lowest BCUT2D eigenvalue weighted by molar-refractivity contribution is 0.0760. The highest BCUT2D eigenvalue weighted by molar-refractivity contribution is 5.95. The van der Waals surface area contributed by atoms with Crippen LogP contribution in [0.3, 0.4) is 0 Å². The second kappa shape index (κ2) is 6.96. The Balaban J connectivity index is 1.38. The van der Waals surface area contributed by atoms with Gasteiger partial charge in [0.15, 0.2) is 0 Å². The van der Waals surface area contributed by atoms with E-state index >= 15 is 0 Å². The van der Waals surface area contributed by atoms with Crippen molar-refractivity contribution in [3.8, 4) is 0 Å². The third-order valence-corrected chi connectivity index (χ3v) is 5.08. The van der Waals surface area contributed by atoms with E-state index in [1.165, 1.54) is 12.1 Å². The largest absolute Gasteiger partial charge is 0.337 e. The molecule has 132 valence electrons. The molecular formula is C19H23FN4O. The van der Waals surface area contributed by atoms with E-state index in [-0.39, 0.29) is 11.7 Å². The molecule has 0 unspecified atom stereocenters. The van der Waals surface area contributed by atoms with Crippen LogP contribution in [-0.4, -0.2) is 52.1 Å². The number of hydrogen-bond acceptors (Lipinski definition) is 3. The first kappa shape index (κ1) is 16.3. The molecule has 1 aliphatic carbocycles. The van der Waals surface area contributed by atoms with Gasteiger partial charge in [0, 0.05) is 38.6 Å². The highest BCUT2D eigenvalue weighted by atomic mass is 19.1. The topological polar surface area (TPSA) is 52.2 Å². The minimum atomic E-state index is -0.206. The number of nitrogens with one attached hydrogen (secondary N) is 1. The van der Waals surface area contributed by atoms with Gasteiger partial charge in [0.05, 0.1) is 17.5 Å². The van der Waals surface area contributed by atoms with Gasteiger partial charge in [0.25, 0.3) is 5.91 Å². The summed E-state index contributed by atoms with van der Waals surface area (Å²) in [6.07, 6.45) is 4.92. The van der Waals surface area contributed by atoms with Crippen molar-refractivity contribution < 1.29 is 9.18 Å². The summed E-state index contributed by atoms with van der Waals surface area (Å²) in [4.78, 5) is 17.2. The standard InChI is InChI=1S/C19H23FN4O/c20-16-6-2-14(3-7-16)13-23-8-1-9-24(11-10-23)19(25)17-12-21-22-18(17)15-4-5-15/h2-3,6-7,12,15H,1,4-5,8-11,13H2,(H,21,22). The van der Waals surface area contributed by atoms with Crippen LogP contribution in [-0.2, 0) is 6.54 Å². The third-order valence-electron chi connectivity index (χ3n) is 5.08. The highest BCUT2D eigenvalue weighted by Crippen LogP contribution is 2.40. The van der Waals surface area contributed by atoms with Crippen molar-refractivity contribution in [1.29, 1.82) is 0 Å². The van der Waals surface area contributed by atoms with Gasteiger partial charge in [-0.25, -0.2) is 4.39 Å². The van der Waals surface area contributed by atoms with E-state index in [0.29, 0.717) is 5.92 Å². The minimum absolute atomic E-state index is 0.0966. The van der Waals surface area contributed by atoms with Crippen LogP contribution in [0.1, 0.15) is 46.8 Å². The van der Waals surface area contributed by atoms with Crippen molar-refractivity contribution in [3.05, 3.63) is 53.1 Å². The van der Waals surface area contributed by atoms with Crippen LogP contribution >= 0.6 is 0 Å². The zero-order valence-electron chi connectivity index (χ0n) is 14.2. The van der Waals surface area contributed by atoms with Crippen molar-refractivity contribution in [2.24, 2.45) is 0 Å². The molecule has 1 saturated heterocycles. The molecule has 25 heavy (non-hydrogen) atoms. The first-order valence-electron chi connectivity index (χ1n) is 9.00. The fourth-order valence-electron chi connectivity index (χ4n) is 3.50. The normalized spacial score (nSPS) is 19.0. The number of H-pyrrole nitrogens is 1. The molecule has 1 aromatic heterocycles. The van der Waals surface area contributed by atoms with Crippen molar-refractivity contribution >= 4 is 5.91 Å². The van der Waals surface area contributed by atoms with Gasteiger partial charge in [-0.1, -0.05) is 12.1 Å². The Morgan fingerprint density at radius 1 is 1.16 bits per heavy atom. The number of amides is 1. The predicted molar refractivity (Wildman–Crippen MR) is 92.8 cm³/mol. The quantitative estimate of drug-likeness (QED) is 0.930. The lowest BCUT2D eigenvalue weighted by Gasteiger charge is -2.22. The van der Waals surface area contributed by atoms with Crippen LogP contribution in [0.25, 0.3) is 0 Å². The monoisotopic (exact) mass is 342 g/mol. The molecule has 4 rings (SSSR count). The van der Waals surface area contributed by atoms with Gasteiger partial charge in [-0.2, -0.15) is 5.10 Å². The number of rotatable bonds is 4. The molecule has 2 heterocycles. The van der Waals surface area contributed by atoms with Gasteiger partial charge in [-0.3, -0.25) is 14.8 Å².